The first kappa shape index (κ1) is 19.6. The van der Waals surface area contributed by atoms with E-state index in [9.17, 15) is 18.0 Å². The standard InChI is InChI=1S/C20H23N3O5S/c1-13(19(24)21-15-9-10-29(26,27)12-15)28-20(25)18-11-17(14-7-8-14)22-23(18)16-5-3-2-4-6-16/h2-6,11,13-15H,7-10,12H2,1H3,(H,21,24)/t13-,15+/m1/s1. The van der Waals surface area contributed by atoms with E-state index in [1.54, 1.807) is 10.7 Å². The molecule has 1 aliphatic carbocycles. The maximum absolute atomic E-state index is 12.8. The number of rotatable bonds is 6. The van der Waals surface area contributed by atoms with Crippen molar-refractivity contribution in [1.82, 2.24) is 15.1 Å². The van der Waals surface area contributed by atoms with Crippen LogP contribution in [0.4, 0.5) is 0 Å². The Balaban J connectivity index is 1.47. The molecule has 0 radical (unpaired) electrons. The summed E-state index contributed by atoms with van der Waals surface area (Å²) in [5.74, 6) is -0.808. The molecule has 1 aliphatic heterocycles. The number of sulfone groups is 1. The molecule has 1 aromatic heterocycles. The van der Waals surface area contributed by atoms with Crippen molar-refractivity contribution in [3.8, 4) is 5.69 Å². The maximum atomic E-state index is 12.8. The molecule has 2 atom stereocenters. The Bertz CT molecular complexity index is 1030. The summed E-state index contributed by atoms with van der Waals surface area (Å²) in [5, 5.41) is 7.22. The highest BCUT2D eigenvalue weighted by Gasteiger charge is 2.32. The molecule has 0 bridgehead atoms. The lowest BCUT2D eigenvalue weighted by atomic mass is 10.2. The highest BCUT2D eigenvalue weighted by atomic mass is 32.2. The first-order chi connectivity index (χ1) is 13.8. The Morgan fingerprint density at radius 2 is 1.93 bits per heavy atom. The van der Waals surface area contributed by atoms with Gasteiger partial charge in [0, 0.05) is 12.0 Å². The van der Waals surface area contributed by atoms with E-state index in [-0.39, 0.29) is 17.2 Å². The summed E-state index contributed by atoms with van der Waals surface area (Å²) in [5.41, 5.74) is 1.84. The minimum absolute atomic E-state index is 0.0618. The van der Waals surface area contributed by atoms with Gasteiger partial charge in [0.1, 0.15) is 0 Å². The third-order valence-electron chi connectivity index (χ3n) is 5.17. The Hall–Kier alpha value is -2.68. The van der Waals surface area contributed by atoms with Crippen molar-refractivity contribution in [3.05, 3.63) is 47.8 Å². The fourth-order valence-electron chi connectivity index (χ4n) is 3.39. The van der Waals surface area contributed by atoms with Crippen molar-refractivity contribution < 1.29 is 22.7 Å². The van der Waals surface area contributed by atoms with Gasteiger partial charge in [-0.3, -0.25) is 4.79 Å². The zero-order valence-corrected chi connectivity index (χ0v) is 16.9. The minimum Gasteiger partial charge on any atom is -0.448 e. The molecule has 1 amide bonds. The summed E-state index contributed by atoms with van der Waals surface area (Å²) in [6.45, 7) is 1.47. The van der Waals surface area contributed by atoms with E-state index in [4.69, 9.17) is 4.74 Å². The quantitative estimate of drug-likeness (QED) is 0.716. The number of esters is 1. The molecule has 1 saturated heterocycles. The number of carbonyl (C=O) groups excluding carboxylic acids is 2. The van der Waals surface area contributed by atoms with E-state index < -0.39 is 33.9 Å². The van der Waals surface area contributed by atoms with E-state index in [0.717, 1.165) is 24.2 Å². The van der Waals surface area contributed by atoms with Gasteiger partial charge in [0.05, 0.1) is 22.9 Å². The van der Waals surface area contributed by atoms with Gasteiger partial charge in [-0.15, -0.1) is 0 Å². The van der Waals surface area contributed by atoms with Crippen LogP contribution in [0.1, 0.15) is 48.3 Å². The third-order valence-corrected chi connectivity index (χ3v) is 6.93. The Morgan fingerprint density at radius 1 is 1.21 bits per heavy atom. The Labute approximate surface area is 169 Å². The van der Waals surface area contributed by atoms with Crippen molar-refractivity contribution in [2.45, 2.75) is 44.2 Å². The molecule has 9 heteroatoms. The van der Waals surface area contributed by atoms with Crippen molar-refractivity contribution in [1.29, 1.82) is 0 Å². The van der Waals surface area contributed by atoms with Crippen LogP contribution >= 0.6 is 0 Å². The zero-order chi connectivity index (χ0) is 20.6. The van der Waals surface area contributed by atoms with Crippen molar-refractivity contribution >= 4 is 21.7 Å². The van der Waals surface area contributed by atoms with Crippen LogP contribution in [-0.2, 0) is 19.4 Å². The molecule has 1 N–H and O–H groups in total. The number of ether oxygens (including phenoxy) is 1. The van der Waals surface area contributed by atoms with Gasteiger partial charge >= 0.3 is 5.97 Å². The van der Waals surface area contributed by atoms with Crippen molar-refractivity contribution in [3.63, 3.8) is 0 Å². The summed E-state index contributed by atoms with van der Waals surface area (Å²) in [6, 6.07) is 10.6. The summed E-state index contributed by atoms with van der Waals surface area (Å²) in [7, 11) is -3.10. The fraction of sp³-hybridized carbons (Fsp3) is 0.450. The average Bonchev–Trinajstić information content (AvgIpc) is 3.35. The fourth-order valence-corrected chi connectivity index (χ4v) is 5.06. The SMILES string of the molecule is C[C@@H](OC(=O)c1cc(C2CC2)nn1-c1ccccc1)C(=O)N[C@H]1CCS(=O)(=O)C1. The van der Waals surface area contributed by atoms with Gasteiger partial charge in [0.2, 0.25) is 0 Å². The van der Waals surface area contributed by atoms with Gasteiger partial charge in [-0.25, -0.2) is 17.9 Å². The summed E-state index contributed by atoms with van der Waals surface area (Å²) < 4.78 is 30.0. The number of nitrogens with one attached hydrogen (secondary N) is 1. The number of nitrogens with zero attached hydrogens (tertiary/aromatic N) is 2. The monoisotopic (exact) mass is 417 g/mol. The van der Waals surface area contributed by atoms with Crippen LogP contribution < -0.4 is 5.32 Å². The summed E-state index contributed by atoms with van der Waals surface area (Å²) in [6.07, 6.45) is 1.42. The van der Waals surface area contributed by atoms with Crippen molar-refractivity contribution in [2.75, 3.05) is 11.5 Å². The summed E-state index contributed by atoms with van der Waals surface area (Å²) in [4.78, 5) is 25.1. The van der Waals surface area contributed by atoms with E-state index in [1.807, 2.05) is 30.3 Å². The van der Waals surface area contributed by atoms with Crippen LogP contribution in [0.15, 0.2) is 36.4 Å². The number of hydrogen-bond donors (Lipinski definition) is 1. The average molecular weight is 417 g/mol. The van der Waals surface area contributed by atoms with Gasteiger partial charge in [-0.2, -0.15) is 5.10 Å². The van der Waals surface area contributed by atoms with Crippen LogP contribution in [0.3, 0.4) is 0 Å². The zero-order valence-electron chi connectivity index (χ0n) is 16.1. The maximum Gasteiger partial charge on any atom is 0.357 e. The molecular weight excluding hydrogens is 394 g/mol. The molecule has 4 rings (SSSR count). The molecule has 154 valence electrons. The second-order valence-electron chi connectivity index (χ2n) is 7.63. The Morgan fingerprint density at radius 3 is 2.55 bits per heavy atom. The van der Waals surface area contributed by atoms with Crippen LogP contribution in [0, 0.1) is 0 Å². The van der Waals surface area contributed by atoms with Crippen LogP contribution in [0.5, 0.6) is 0 Å². The third kappa shape index (κ3) is 4.50. The summed E-state index contributed by atoms with van der Waals surface area (Å²) >= 11 is 0. The lowest BCUT2D eigenvalue weighted by Crippen LogP contribution is -2.42. The molecular formula is C20H23N3O5S. The molecule has 2 aromatic rings. The highest BCUT2D eigenvalue weighted by Crippen LogP contribution is 2.39. The van der Waals surface area contributed by atoms with Crippen LogP contribution in [-0.4, -0.2) is 53.7 Å². The first-order valence-corrected chi connectivity index (χ1v) is 11.5. The molecule has 29 heavy (non-hydrogen) atoms. The second-order valence-corrected chi connectivity index (χ2v) is 9.86. The van der Waals surface area contributed by atoms with E-state index in [1.165, 1.54) is 6.92 Å². The van der Waals surface area contributed by atoms with E-state index in [0.29, 0.717) is 12.3 Å². The smallest absolute Gasteiger partial charge is 0.357 e. The van der Waals surface area contributed by atoms with Gasteiger partial charge < -0.3 is 10.1 Å². The predicted octanol–water partition coefficient (Wildman–Crippen LogP) is 1.60. The molecule has 2 aliphatic rings. The molecule has 1 aromatic carbocycles. The lowest BCUT2D eigenvalue weighted by Gasteiger charge is -2.16. The molecule has 0 unspecified atom stereocenters. The van der Waals surface area contributed by atoms with Crippen LogP contribution in [0.2, 0.25) is 0 Å². The highest BCUT2D eigenvalue weighted by molar-refractivity contribution is 7.91. The molecule has 2 fully saturated rings. The largest absolute Gasteiger partial charge is 0.448 e. The molecule has 8 nitrogen and oxygen atoms in total. The van der Waals surface area contributed by atoms with Crippen molar-refractivity contribution in [2.24, 2.45) is 0 Å². The number of hydrogen-bond acceptors (Lipinski definition) is 6. The number of carbonyl (C=O) groups is 2. The van der Waals surface area contributed by atoms with Crippen LogP contribution in [0.25, 0.3) is 5.69 Å². The van der Waals surface area contributed by atoms with E-state index in [2.05, 4.69) is 10.4 Å². The minimum atomic E-state index is -3.10. The number of para-hydroxylation sites is 1. The number of aromatic nitrogens is 2. The molecule has 2 heterocycles. The number of amides is 1. The second kappa shape index (κ2) is 7.62. The number of benzene rings is 1. The van der Waals surface area contributed by atoms with Gasteiger partial charge in [-0.1, -0.05) is 18.2 Å². The topological polar surface area (TPSA) is 107 Å². The molecule has 1 saturated carbocycles. The first-order valence-electron chi connectivity index (χ1n) is 9.69. The normalized spacial score (nSPS) is 21.5. The van der Waals surface area contributed by atoms with Gasteiger partial charge in [0.15, 0.2) is 21.6 Å². The molecule has 0 spiro atoms. The van der Waals surface area contributed by atoms with E-state index >= 15 is 0 Å². The Kier molecular flexibility index (Phi) is 5.16. The predicted molar refractivity (Wildman–Crippen MR) is 106 cm³/mol. The van der Waals surface area contributed by atoms with Gasteiger partial charge in [0.25, 0.3) is 5.91 Å². The lowest BCUT2D eigenvalue weighted by molar-refractivity contribution is -0.129. The van der Waals surface area contributed by atoms with Gasteiger partial charge in [-0.05, 0) is 44.4 Å².